The zero-order valence-corrected chi connectivity index (χ0v) is 14.7. The van der Waals surface area contributed by atoms with E-state index in [1.54, 1.807) is 0 Å². The van der Waals surface area contributed by atoms with E-state index in [4.69, 9.17) is 4.74 Å². The van der Waals surface area contributed by atoms with Gasteiger partial charge in [0.2, 0.25) is 5.91 Å². The van der Waals surface area contributed by atoms with E-state index in [1.807, 2.05) is 58.0 Å². The molecule has 0 atom stereocenters. The second-order valence-corrected chi connectivity index (χ2v) is 5.39. The number of ether oxygens (including phenoxy) is 1. The number of aryl methyl sites for hydroxylation is 1. The van der Waals surface area contributed by atoms with Crippen LogP contribution >= 0.6 is 0 Å². The Balaban J connectivity index is 0.00000127. The number of hydrogen-bond donors (Lipinski definition) is 1. The molecule has 1 aliphatic heterocycles. The lowest BCUT2D eigenvalue weighted by atomic mass is 10.1. The summed E-state index contributed by atoms with van der Waals surface area (Å²) in [6.07, 6.45) is 0. The standard InChI is InChI=1S/C15H21N3O3.C2H6/c1-11-4-5-12-13(8-11)21-10-15(20)18(12)9-14(19)16-6-7-17(2)3;1-2/h4-5,8H,6-7,9-10H2,1-3H3,(H,16,19);1-2H3. The third kappa shape index (κ3) is 5.56. The van der Waals surface area contributed by atoms with Gasteiger partial charge in [0.25, 0.3) is 5.91 Å². The van der Waals surface area contributed by atoms with Crippen molar-refractivity contribution in [3.05, 3.63) is 23.8 Å². The number of benzene rings is 1. The number of carbonyl (C=O) groups is 2. The van der Waals surface area contributed by atoms with Gasteiger partial charge in [0.05, 0.1) is 5.69 Å². The summed E-state index contributed by atoms with van der Waals surface area (Å²) in [5, 5.41) is 2.81. The number of rotatable bonds is 5. The fraction of sp³-hybridized carbons (Fsp3) is 0.529. The Hall–Kier alpha value is -2.08. The lowest BCUT2D eigenvalue weighted by Gasteiger charge is -2.29. The third-order valence-corrected chi connectivity index (χ3v) is 3.24. The van der Waals surface area contributed by atoms with Crippen LogP contribution < -0.4 is 15.0 Å². The molecule has 1 aromatic carbocycles. The zero-order chi connectivity index (χ0) is 17.4. The summed E-state index contributed by atoms with van der Waals surface area (Å²) < 4.78 is 5.41. The minimum atomic E-state index is -0.200. The van der Waals surface area contributed by atoms with Crippen LogP contribution in [0.3, 0.4) is 0 Å². The van der Waals surface area contributed by atoms with Gasteiger partial charge in [-0.15, -0.1) is 0 Å². The van der Waals surface area contributed by atoms with Crippen molar-refractivity contribution in [3.8, 4) is 5.75 Å². The molecule has 1 N–H and O–H groups in total. The Morgan fingerprint density at radius 1 is 1.35 bits per heavy atom. The van der Waals surface area contributed by atoms with Crippen LogP contribution in [-0.2, 0) is 9.59 Å². The molecule has 0 bridgehead atoms. The van der Waals surface area contributed by atoms with E-state index in [0.717, 1.165) is 12.1 Å². The molecule has 1 heterocycles. The Morgan fingerprint density at radius 3 is 2.70 bits per heavy atom. The molecule has 0 aromatic heterocycles. The largest absolute Gasteiger partial charge is 0.482 e. The molecule has 0 saturated carbocycles. The number of nitrogens with one attached hydrogen (secondary N) is 1. The molecule has 0 aliphatic carbocycles. The van der Waals surface area contributed by atoms with Crippen molar-refractivity contribution < 1.29 is 14.3 Å². The number of likely N-dealkylation sites (N-methyl/N-ethyl adjacent to an activating group) is 1. The Morgan fingerprint density at radius 2 is 2.04 bits per heavy atom. The summed E-state index contributed by atoms with van der Waals surface area (Å²) in [7, 11) is 3.88. The van der Waals surface area contributed by atoms with Crippen LogP contribution in [0.2, 0.25) is 0 Å². The topological polar surface area (TPSA) is 61.9 Å². The maximum Gasteiger partial charge on any atom is 0.265 e. The van der Waals surface area contributed by atoms with Crippen LogP contribution in [0.5, 0.6) is 5.75 Å². The van der Waals surface area contributed by atoms with E-state index in [9.17, 15) is 9.59 Å². The number of anilines is 1. The normalized spacial score (nSPS) is 13.0. The van der Waals surface area contributed by atoms with E-state index in [-0.39, 0.29) is 25.0 Å². The van der Waals surface area contributed by atoms with E-state index >= 15 is 0 Å². The van der Waals surface area contributed by atoms with Gasteiger partial charge in [-0.2, -0.15) is 0 Å². The summed E-state index contributed by atoms with van der Waals surface area (Å²) in [6, 6.07) is 5.59. The number of fused-ring (bicyclic) bond motifs is 1. The highest BCUT2D eigenvalue weighted by molar-refractivity contribution is 6.02. The molecule has 23 heavy (non-hydrogen) atoms. The lowest BCUT2D eigenvalue weighted by Crippen LogP contribution is -2.46. The second-order valence-electron chi connectivity index (χ2n) is 5.39. The molecule has 6 nitrogen and oxygen atoms in total. The van der Waals surface area contributed by atoms with Crippen LogP contribution in [0, 0.1) is 6.92 Å². The van der Waals surface area contributed by atoms with Crippen molar-refractivity contribution in [2.45, 2.75) is 20.8 Å². The number of carbonyl (C=O) groups excluding carboxylic acids is 2. The number of amides is 2. The molecule has 6 heteroatoms. The zero-order valence-electron chi connectivity index (χ0n) is 14.7. The summed E-state index contributed by atoms with van der Waals surface area (Å²) in [5.74, 6) is 0.281. The minimum Gasteiger partial charge on any atom is -0.482 e. The van der Waals surface area contributed by atoms with Crippen molar-refractivity contribution in [3.63, 3.8) is 0 Å². The van der Waals surface area contributed by atoms with Crippen molar-refractivity contribution in [1.29, 1.82) is 0 Å². The van der Waals surface area contributed by atoms with Gasteiger partial charge in [0, 0.05) is 13.1 Å². The predicted molar refractivity (Wildman–Crippen MR) is 91.9 cm³/mol. The van der Waals surface area contributed by atoms with Gasteiger partial charge >= 0.3 is 0 Å². The molecule has 0 radical (unpaired) electrons. The molecule has 1 aliphatic rings. The Labute approximate surface area is 138 Å². The molecular weight excluding hydrogens is 294 g/mol. The van der Waals surface area contributed by atoms with E-state index in [2.05, 4.69) is 5.32 Å². The first kappa shape index (κ1) is 19.0. The van der Waals surface area contributed by atoms with Gasteiger partial charge < -0.3 is 15.0 Å². The average molecular weight is 321 g/mol. The molecule has 0 saturated heterocycles. The summed E-state index contributed by atoms with van der Waals surface area (Å²) in [5.41, 5.74) is 1.71. The maximum absolute atomic E-state index is 12.0. The highest BCUT2D eigenvalue weighted by Crippen LogP contribution is 2.32. The first-order valence-electron chi connectivity index (χ1n) is 7.92. The molecule has 0 unspecified atom stereocenters. The van der Waals surface area contributed by atoms with Crippen LogP contribution in [0.1, 0.15) is 19.4 Å². The van der Waals surface area contributed by atoms with Gasteiger partial charge in [-0.1, -0.05) is 19.9 Å². The molecule has 1 aromatic rings. The second kappa shape index (κ2) is 9.15. The quantitative estimate of drug-likeness (QED) is 0.891. The van der Waals surface area contributed by atoms with Gasteiger partial charge in [-0.3, -0.25) is 14.5 Å². The van der Waals surface area contributed by atoms with Crippen molar-refractivity contribution in [2.24, 2.45) is 0 Å². The fourth-order valence-corrected chi connectivity index (χ4v) is 2.10. The van der Waals surface area contributed by atoms with Crippen LogP contribution in [-0.4, -0.2) is 57.1 Å². The Bertz CT molecular complexity index is 544. The first-order chi connectivity index (χ1) is 11.0. The molecule has 0 fully saturated rings. The van der Waals surface area contributed by atoms with E-state index in [0.29, 0.717) is 18.0 Å². The third-order valence-electron chi connectivity index (χ3n) is 3.24. The van der Waals surface area contributed by atoms with Crippen LogP contribution in [0.15, 0.2) is 18.2 Å². The number of nitrogens with zero attached hydrogens (tertiary/aromatic N) is 2. The van der Waals surface area contributed by atoms with Crippen LogP contribution in [0.25, 0.3) is 0 Å². The monoisotopic (exact) mass is 321 g/mol. The summed E-state index contributed by atoms with van der Waals surface area (Å²) >= 11 is 0. The fourth-order valence-electron chi connectivity index (χ4n) is 2.10. The highest BCUT2D eigenvalue weighted by Gasteiger charge is 2.27. The van der Waals surface area contributed by atoms with Gasteiger partial charge in [0.15, 0.2) is 6.61 Å². The van der Waals surface area contributed by atoms with Crippen molar-refractivity contribution >= 4 is 17.5 Å². The van der Waals surface area contributed by atoms with Gasteiger partial charge in [-0.25, -0.2) is 0 Å². The number of hydrogen-bond acceptors (Lipinski definition) is 4. The van der Waals surface area contributed by atoms with Gasteiger partial charge in [-0.05, 0) is 38.7 Å². The lowest BCUT2D eigenvalue weighted by molar-refractivity contribution is -0.125. The average Bonchev–Trinajstić information content (AvgIpc) is 2.52. The molecule has 2 amide bonds. The SMILES string of the molecule is CC.Cc1ccc2c(c1)OCC(=O)N2CC(=O)NCCN(C)C. The summed E-state index contributed by atoms with van der Waals surface area (Å²) in [4.78, 5) is 27.4. The Kier molecular flexibility index (Phi) is 7.54. The van der Waals surface area contributed by atoms with Crippen LogP contribution in [0.4, 0.5) is 5.69 Å². The molecule has 0 spiro atoms. The van der Waals surface area contributed by atoms with Crippen molar-refractivity contribution in [1.82, 2.24) is 10.2 Å². The van der Waals surface area contributed by atoms with E-state index < -0.39 is 0 Å². The summed E-state index contributed by atoms with van der Waals surface area (Å²) in [6.45, 7) is 7.27. The minimum absolute atomic E-state index is 0.0195. The van der Waals surface area contributed by atoms with Crippen molar-refractivity contribution in [2.75, 3.05) is 45.2 Å². The highest BCUT2D eigenvalue weighted by atomic mass is 16.5. The van der Waals surface area contributed by atoms with Gasteiger partial charge in [0.1, 0.15) is 12.3 Å². The smallest absolute Gasteiger partial charge is 0.265 e. The van der Waals surface area contributed by atoms with E-state index in [1.165, 1.54) is 4.90 Å². The maximum atomic E-state index is 12.0. The predicted octanol–water partition coefficient (Wildman–Crippen LogP) is 1.42. The molecule has 128 valence electrons. The molecular formula is C17H27N3O3. The molecule has 2 rings (SSSR count). The first-order valence-corrected chi connectivity index (χ1v) is 7.92.